The monoisotopic (exact) mass is 257 g/mol. The Bertz CT molecular complexity index is 387. The third-order valence-electron chi connectivity index (χ3n) is 2.27. The molecule has 1 rings (SSSR count). The van der Waals surface area contributed by atoms with Crippen molar-refractivity contribution in [1.29, 1.82) is 0 Å². The molecule has 0 aliphatic carbocycles. The fourth-order valence-electron chi connectivity index (χ4n) is 1.18. The highest BCUT2D eigenvalue weighted by molar-refractivity contribution is 5.85. The third kappa shape index (κ3) is 3.76. The summed E-state index contributed by atoms with van der Waals surface area (Å²) in [4.78, 5) is 10.9. The molecule has 17 heavy (non-hydrogen) atoms. The van der Waals surface area contributed by atoms with Crippen molar-refractivity contribution in [3.05, 3.63) is 42.5 Å². The van der Waals surface area contributed by atoms with Crippen LogP contribution >= 0.6 is 12.4 Å². The second-order valence-electron chi connectivity index (χ2n) is 3.63. The summed E-state index contributed by atoms with van der Waals surface area (Å²) in [7, 11) is 0. The smallest absolute Gasteiger partial charge is 0.328 e. The summed E-state index contributed by atoms with van der Waals surface area (Å²) < 4.78 is 5.28. The maximum atomic E-state index is 10.9. The van der Waals surface area contributed by atoms with Gasteiger partial charge in [-0.3, -0.25) is 0 Å². The van der Waals surface area contributed by atoms with E-state index < -0.39 is 11.5 Å². The average Bonchev–Trinajstić information content (AvgIpc) is 2.26. The molecule has 0 heterocycles. The van der Waals surface area contributed by atoms with Gasteiger partial charge in [0.15, 0.2) is 0 Å². The minimum atomic E-state index is -1.38. The van der Waals surface area contributed by atoms with Gasteiger partial charge in [-0.15, -0.1) is 12.4 Å². The normalized spacial score (nSPS) is 13.1. The van der Waals surface area contributed by atoms with Crippen LogP contribution in [0.15, 0.2) is 36.9 Å². The molecule has 3 N–H and O–H groups in total. The highest BCUT2D eigenvalue weighted by Gasteiger charge is 2.29. The average molecular weight is 258 g/mol. The molecule has 94 valence electrons. The van der Waals surface area contributed by atoms with Crippen LogP contribution in [0.3, 0.4) is 0 Å². The zero-order valence-electron chi connectivity index (χ0n) is 9.55. The fourth-order valence-corrected chi connectivity index (χ4v) is 1.18. The van der Waals surface area contributed by atoms with Crippen LogP contribution in [0.25, 0.3) is 0 Å². The zero-order chi connectivity index (χ0) is 12.2. The van der Waals surface area contributed by atoms with Gasteiger partial charge in [0.05, 0.1) is 0 Å². The molecule has 0 saturated carbocycles. The summed E-state index contributed by atoms with van der Waals surface area (Å²) in [6, 6.07) is 6.67. The zero-order valence-corrected chi connectivity index (χ0v) is 10.4. The van der Waals surface area contributed by atoms with E-state index >= 15 is 0 Å². The van der Waals surface area contributed by atoms with Gasteiger partial charge in [-0.2, -0.15) is 0 Å². The SMILES string of the molecule is C=CCOc1ccc([C@](C)(N)C(=O)O)cc1.Cl. The van der Waals surface area contributed by atoms with E-state index in [2.05, 4.69) is 6.58 Å². The molecule has 0 aliphatic heterocycles. The van der Waals surface area contributed by atoms with E-state index in [-0.39, 0.29) is 12.4 Å². The Morgan fingerprint density at radius 2 is 2.06 bits per heavy atom. The Labute approximate surface area is 106 Å². The molecule has 0 fully saturated rings. The highest BCUT2D eigenvalue weighted by Crippen LogP contribution is 2.21. The minimum absolute atomic E-state index is 0. The molecule has 0 aliphatic rings. The predicted octanol–water partition coefficient (Wildman–Crippen LogP) is 1.93. The molecule has 4 nitrogen and oxygen atoms in total. The minimum Gasteiger partial charge on any atom is -0.490 e. The molecule has 0 amide bonds. The Kier molecular flexibility index (Phi) is 5.71. The molecule has 1 aromatic carbocycles. The van der Waals surface area contributed by atoms with Gasteiger partial charge in [0, 0.05) is 0 Å². The van der Waals surface area contributed by atoms with Crippen molar-refractivity contribution < 1.29 is 14.6 Å². The summed E-state index contributed by atoms with van der Waals surface area (Å²) in [5, 5.41) is 8.94. The van der Waals surface area contributed by atoms with E-state index in [1.807, 2.05) is 0 Å². The van der Waals surface area contributed by atoms with E-state index in [0.29, 0.717) is 17.9 Å². The number of carboxylic acid groups (broad SMARTS) is 1. The molecular formula is C12H16ClNO3. The van der Waals surface area contributed by atoms with E-state index in [1.54, 1.807) is 30.3 Å². The van der Waals surface area contributed by atoms with Gasteiger partial charge in [-0.1, -0.05) is 24.8 Å². The molecule has 0 saturated heterocycles. The van der Waals surface area contributed by atoms with Crippen molar-refractivity contribution in [1.82, 2.24) is 0 Å². The van der Waals surface area contributed by atoms with Crippen molar-refractivity contribution in [3.63, 3.8) is 0 Å². The number of rotatable bonds is 5. The number of aliphatic carboxylic acids is 1. The number of carbonyl (C=O) groups is 1. The van der Waals surface area contributed by atoms with Crippen LogP contribution in [0.5, 0.6) is 5.75 Å². The Morgan fingerprint density at radius 1 is 1.53 bits per heavy atom. The second kappa shape index (κ2) is 6.27. The van der Waals surface area contributed by atoms with Gasteiger partial charge >= 0.3 is 5.97 Å². The molecule has 0 aromatic heterocycles. The van der Waals surface area contributed by atoms with Crippen LogP contribution < -0.4 is 10.5 Å². The molecule has 0 unspecified atom stereocenters. The van der Waals surface area contributed by atoms with Gasteiger partial charge in [0.1, 0.15) is 17.9 Å². The van der Waals surface area contributed by atoms with Crippen LogP contribution in [-0.4, -0.2) is 17.7 Å². The first-order chi connectivity index (χ1) is 7.48. The lowest BCUT2D eigenvalue weighted by Gasteiger charge is -2.19. The number of halogens is 1. The van der Waals surface area contributed by atoms with Crippen molar-refractivity contribution >= 4 is 18.4 Å². The van der Waals surface area contributed by atoms with Crippen molar-refractivity contribution in [2.45, 2.75) is 12.5 Å². The van der Waals surface area contributed by atoms with Crippen LogP contribution in [0.2, 0.25) is 0 Å². The summed E-state index contributed by atoms with van der Waals surface area (Å²) >= 11 is 0. The van der Waals surface area contributed by atoms with E-state index in [4.69, 9.17) is 15.6 Å². The fraction of sp³-hybridized carbons (Fsp3) is 0.250. The second-order valence-corrected chi connectivity index (χ2v) is 3.63. The quantitative estimate of drug-likeness (QED) is 0.791. The third-order valence-corrected chi connectivity index (χ3v) is 2.27. The summed E-state index contributed by atoms with van der Waals surface area (Å²) in [5.41, 5.74) is 4.83. The lowest BCUT2D eigenvalue weighted by molar-refractivity contribution is -0.143. The van der Waals surface area contributed by atoms with Crippen molar-refractivity contribution in [2.24, 2.45) is 5.73 Å². The van der Waals surface area contributed by atoms with Crippen molar-refractivity contribution in [3.8, 4) is 5.75 Å². The van der Waals surface area contributed by atoms with Crippen LogP contribution in [0, 0.1) is 0 Å². The number of carboxylic acids is 1. The van der Waals surface area contributed by atoms with Gasteiger partial charge in [-0.05, 0) is 24.6 Å². The standard InChI is InChI=1S/C12H15NO3.ClH/c1-3-8-16-10-6-4-9(5-7-10)12(2,13)11(14)15;/h3-7H,1,8,13H2,2H3,(H,14,15);1H/t12-;/m0./s1. The molecule has 0 spiro atoms. The first-order valence-electron chi connectivity index (χ1n) is 4.85. The first-order valence-corrected chi connectivity index (χ1v) is 4.85. The van der Waals surface area contributed by atoms with E-state index in [9.17, 15) is 4.79 Å². The summed E-state index contributed by atoms with van der Waals surface area (Å²) in [5.74, 6) is -0.405. The van der Waals surface area contributed by atoms with E-state index in [1.165, 1.54) is 6.92 Å². The molecule has 0 bridgehead atoms. The number of hydrogen-bond acceptors (Lipinski definition) is 3. The molecular weight excluding hydrogens is 242 g/mol. The lowest BCUT2D eigenvalue weighted by Crippen LogP contribution is -2.41. The first kappa shape index (κ1) is 15.5. The number of nitrogens with two attached hydrogens (primary N) is 1. The Hall–Kier alpha value is -1.52. The van der Waals surface area contributed by atoms with Crippen molar-refractivity contribution in [2.75, 3.05) is 6.61 Å². The summed E-state index contributed by atoms with van der Waals surface area (Å²) in [6.07, 6.45) is 1.64. The topological polar surface area (TPSA) is 72.5 Å². The van der Waals surface area contributed by atoms with Gasteiger partial charge < -0.3 is 15.6 Å². The maximum Gasteiger partial charge on any atom is 0.328 e. The summed E-state index contributed by atoms with van der Waals surface area (Å²) in [6.45, 7) is 5.40. The predicted molar refractivity (Wildman–Crippen MR) is 68.6 cm³/mol. The molecule has 1 aromatic rings. The molecule has 5 heteroatoms. The lowest BCUT2D eigenvalue weighted by atomic mass is 9.93. The number of hydrogen-bond donors (Lipinski definition) is 2. The van der Waals surface area contributed by atoms with Gasteiger partial charge in [0.25, 0.3) is 0 Å². The van der Waals surface area contributed by atoms with Crippen LogP contribution in [0.1, 0.15) is 12.5 Å². The number of ether oxygens (including phenoxy) is 1. The largest absolute Gasteiger partial charge is 0.490 e. The van der Waals surface area contributed by atoms with Gasteiger partial charge in [-0.25, -0.2) is 4.79 Å². The number of benzene rings is 1. The van der Waals surface area contributed by atoms with Gasteiger partial charge in [0.2, 0.25) is 0 Å². The van der Waals surface area contributed by atoms with E-state index in [0.717, 1.165) is 0 Å². The van der Waals surface area contributed by atoms with Crippen LogP contribution in [-0.2, 0) is 10.3 Å². The Morgan fingerprint density at radius 3 is 2.47 bits per heavy atom. The molecule has 0 radical (unpaired) electrons. The van der Waals surface area contributed by atoms with Crippen LogP contribution in [0.4, 0.5) is 0 Å². The Balaban J connectivity index is 0.00000256. The highest BCUT2D eigenvalue weighted by atomic mass is 35.5. The molecule has 1 atom stereocenters. The maximum absolute atomic E-state index is 10.9.